The summed E-state index contributed by atoms with van der Waals surface area (Å²) in [6.45, 7) is 5.34. The standard InChI is InChI=1S/C18H20ClN5O2/c1-13-3-2-4-14(9-13)21-18-22-24(12-26-18)15-10-16(19)17(20-11-15)23-5-7-25-8-6-23/h2-4,9-11H,5-8,12H2,1H3,(H,21,22). The zero-order valence-corrected chi connectivity index (χ0v) is 15.2. The number of amidine groups is 1. The van der Waals surface area contributed by atoms with Crippen molar-refractivity contribution in [3.63, 3.8) is 0 Å². The number of anilines is 2. The molecule has 26 heavy (non-hydrogen) atoms. The third kappa shape index (κ3) is 3.68. The highest BCUT2D eigenvalue weighted by Crippen LogP contribution is 2.28. The molecule has 2 fully saturated rings. The van der Waals surface area contributed by atoms with E-state index in [4.69, 9.17) is 21.1 Å². The van der Waals surface area contributed by atoms with Gasteiger partial charge in [-0.3, -0.25) is 0 Å². The van der Waals surface area contributed by atoms with E-state index in [0.717, 1.165) is 35.8 Å². The Kier molecular flexibility index (Phi) is 4.81. The van der Waals surface area contributed by atoms with Crippen molar-refractivity contribution in [2.24, 2.45) is 4.99 Å². The first-order chi connectivity index (χ1) is 12.7. The number of nitrogens with zero attached hydrogens (tertiary/aromatic N) is 4. The van der Waals surface area contributed by atoms with Crippen LogP contribution in [-0.2, 0) is 9.47 Å². The van der Waals surface area contributed by atoms with Gasteiger partial charge in [0.25, 0.3) is 0 Å². The predicted octanol–water partition coefficient (Wildman–Crippen LogP) is 2.87. The average molecular weight is 374 g/mol. The van der Waals surface area contributed by atoms with Gasteiger partial charge in [0.2, 0.25) is 0 Å². The van der Waals surface area contributed by atoms with Crippen molar-refractivity contribution in [3.05, 3.63) is 47.1 Å². The molecular weight excluding hydrogens is 354 g/mol. The van der Waals surface area contributed by atoms with Crippen LogP contribution < -0.4 is 15.3 Å². The molecule has 2 aliphatic rings. The van der Waals surface area contributed by atoms with Crippen LogP contribution in [0.25, 0.3) is 0 Å². The van der Waals surface area contributed by atoms with Gasteiger partial charge in [0.05, 0.1) is 35.8 Å². The van der Waals surface area contributed by atoms with Crippen LogP contribution in [0, 0.1) is 6.92 Å². The fourth-order valence-corrected chi connectivity index (χ4v) is 3.17. The van der Waals surface area contributed by atoms with Crippen LogP contribution in [0.1, 0.15) is 5.56 Å². The zero-order valence-electron chi connectivity index (χ0n) is 14.5. The normalized spacial score (nSPS) is 18.8. The molecule has 0 radical (unpaired) electrons. The lowest BCUT2D eigenvalue weighted by atomic mass is 10.2. The van der Waals surface area contributed by atoms with Crippen LogP contribution >= 0.6 is 11.6 Å². The molecule has 0 amide bonds. The van der Waals surface area contributed by atoms with E-state index in [9.17, 15) is 0 Å². The first kappa shape index (κ1) is 16.9. The number of halogens is 1. The minimum atomic E-state index is 0.333. The van der Waals surface area contributed by atoms with Crippen molar-refractivity contribution < 1.29 is 9.47 Å². The molecule has 0 spiro atoms. The number of hydrogen-bond acceptors (Lipinski definition) is 6. The third-order valence-corrected chi connectivity index (χ3v) is 4.50. The number of ether oxygens (including phenoxy) is 2. The fourth-order valence-electron chi connectivity index (χ4n) is 2.89. The molecule has 1 aromatic heterocycles. The summed E-state index contributed by atoms with van der Waals surface area (Å²) in [5.41, 5.74) is 5.94. The molecular formula is C18H20ClN5O2. The van der Waals surface area contributed by atoms with Crippen molar-refractivity contribution in [1.29, 1.82) is 0 Å². The Hall–Kier alpha value is -2.51. The van der Waals surface area contributed by atoms with E-state index in [2.05, 4.69) is 20.3 Å². The summed E-state index contributed by atoms with van der Waals surface area (Å²) in [5.74, 6) is 0.785. The summed E-state index contributed by atoms with van der Waals surface area (Å²) < 4.78 is 11.0. The van der Waals surface area contributed by atoms with E-state index < -0.39 is 0 Å². The molecule has 136 valence electrons. The lowest BCUT2D eigenvalue weighted by Crippen LogP contribution is -2.37. The molecule has 0 bridgehead atoms. The molecule has 0 unspecified atom stereocenters. The maximum atomic E-state index is 6.45. The highest BCUT2D eigenvalue weighted by Gasteiger charge is 2.22. The molecule has 0 atom stereocenters. The Morgan fingerprint density at radius 2 is 2.08 bits per heavy atom. The van der Waals surface area contributed by atoms with E-state index in [1.54, 1.807) is 6.20 Å². The van der Waals surface area contributed by atoms with Crippen LogP contribution in [0.3, 0.4) is 0 Å². The lowest BCUT2D eigenvalue weighted by molar-refractivity contribution is 0.122. The summed E-state index contributed by atoms with van der Waals surface area (Å²) in [7, 11) is 0. The highest BCUT2D eigenvalue weighted by atomic mass is 35.5. The summed E-state index contributed by atoms with van der Waals surface area (Å²) in [6.07, 6.45) is 1.78. The van der Waals surface area contributed by atoms with Crippen molar-refractivity contribution in [3.8, 4) is 0 Å². The number of aliphatic imine (C=N–C) groups is 1. The summed E-state index contributed by atoms with van der Waals surface area (Å²) in [6, 6.07) is 10.3. The predicted molar refractivity (Wildman–Crippen MR) is 102 cm³/mol. The number of nitrogens with one attached hydrogen (secondary N) is 1. The summed E-state index contributed by atoms with van der Waals surface area (Å²) in [4.78, 5) is 11.1. The van der Waals surface area contributed by atoms with Crippen LogP contribution in [0.4, 0.5) is 17.2 Å². The second kappa shape index (κ2) is 7.39. The van der Waals surface area contributed by atoms with Crippen molar-refractivity contribution in [1.82, 2.24) is 10.4 Å². The second-order valence-electron chi connectivity index (χ2n) is 6.17. The molecule has 0 saturated carbocycles. The van der Waals surface area contributed by atoms with Crippen LogP contribution in [0.2, 0.25) is 5.02 Å². The summed E-state index contributed by atoms with van der Waals surface area (Å²) >= 11 is 6.45. The van der Waals surface area contributed by atoms with Gasteiger partial charge in [0, 0.05) is 13.1 Å². The van der Waals surface area contributed by atoms with Crippen LogP contribution in [0.15, 0.2) is 41.5 Å². The molecule has 2 aliphatic heterocycles. The Morgan fingerprint density at radius 3 is 2.85 bits per heavy atom. The molecule has 2 aromatic rings. The molecule has 7 nitrogen and oxygen atoms in total. The quantitative estimate of drug-likeness (QED) is 0.892. The van der Waals surface area contributed by atoms with Crippen molar-refractivity contribution >= 4 is 34.8 Å². The van der Waals surface area contributed by atoms with Crippen LogP contribution in [0.5, 0.6) is 0 Å². The van der Waals surface area contributed by atoms with Gasteiger partial charge in [-0.2, -0.15) is 4.99 Å². The first-order valence-electron chi connectivity index (χ1n) is 8.50. The zero-order chi connectivity index (χ0) is 17.9. The van der Waals surface area contributed by atoms with Crippen LogP contribution in [-0.4, -0.2) is 44.0 Å². The molecule has 0 aliphatic carbocycles. The largest absolute Gasteiger partial charge is 0.441 e. The molecule has 1 N–H and O–H groups in total. The van der Waals surface area contributed by atoms with E-state index in [1.807, 2.05) is 42.3 Å². The van der Waals surface area contributed by atoms with E-state index in [0.29, 0.717) is 31.0 Å². The van der Waals surface area contributed by atoms with Gasteiger partial charge < -0.3 is 14.4 Å². The van der Waals surface area contributed by atoms with Crippen molar-refractivity contribution in [2.45, 2.75) is 6.92 Å². The summed E-state index contributed by atoms with van der Waals surface area (Å²) in [5, 5.41) is 2.42. The third-order valence-electron chi connectivity index (χ3n) is 4.22. The number of morpholine rings is 1. The SMILES string of the molecule is Cc1cccc(N=C2NN(c3cnc(N4CCOCC4)c(Cl)c3)CO2)c1. The number of aryl methyl sites for hydroxylation is 1. The van der Waals surface area contributed by atoms with Gasteiger partial charge in [0.1, 0.15) is 5.82 Å². The Balaban J connectivity index is 1.47. The van der Waals surface area contributed by atoms with Crippen molar-refractivity contribution in [2.75, 3.05) is 42.9 Å². The van der Waals surface area contributed by atoms with Gasteiger partial charge in [0.15, 0.2) is 6.73 Å². The molecule has 1 aromatic carbocycles. The van der Waals surface area contributed by atoms with E-state index >= 15 is 0 Å². The maximum Gasteiger partial charge on any atom is 0.311 e. The Bertz CT molecular complexity index is 823. The topological polar surface area (TPSA) is 62.2 Å². The van der Waals surface area contributed by atoms with Gasteiger partial charge in [-0.05, 0) is 30.7 Å². The smallest absolute Gasteiger partial charge is 0.311 e. The minimum Gasteiger partial charge on any atom is -0.441 e. The number of hydrazine groups is 1. The van der Waals surface area contributed by atoms with Gasteiger partial charge in [-0.15, -0.1) is 0 Å². The fraction of sp³-hybridized carbons (Fsp3) is 0.333. The average Bonchev–Trinajstić information content (AvgIpc) is 3.11. The Labute approximate surface area is 157 Å². The molecule has 8 heteroatoms. The highest BCUT2D eigenvalue weighted by molar-refractivity contribution is 6.33. The number of hydrogen-bond donors (Lipinski definition) is 1. The Morgan fingerprint density at radius 1 is 1.23 bits per heavy atom. The monoisotopic (exact) mass is 373 g/mol. The number of benzene rings is 1. The number of aromatic nitrogens is 1. The minimum absolute atomic E-state index is 0.333. The molecule has 2 saturated heterocycles. The molecule has 4 rings (SSSR count). The van der Waals surface area contributed by atoms with E-state index in [1.165, 1.54) is 0 Å². The first-order valence-corrected chi connectivity index (χ1v) is 8.87. The second-order valence-corrected chi connectivity index (χ2v) is 6.57. The molecule has 3 heterocycles. The van der Waals surface area contributed by atoms with Gasteiger partial charge >= 0.3 is 6.02 Å². The van der Waals surface area contributed by atoms with Gasteiger partial charge in [-0.1, -0.05) is 23.7 Å². The lowest BCUT2D eigenvalue weighted by Gasteiger charge is -2.28. The maximum absolute atomic E-state index is 6.45. The van der Waals surface area contributed by atoms with E-state index in [-0.39, 0.29) is 0 Å². The number of rotatable bonds is 3. The van der Waals surface area contributed by atoms with Gasteiger partial charge in [-0.25, -0.2) is 15.4 Å². The number of pyridine rings is 1.